The van der Waals surface area contributed by atoms with E-state index in [9.17, 15) is 4.79 Å². The summed E-state index contributed by atoms with van der Waals surface area (Å²) in [6.45, 7) is 3.96. The van der Waals surface area contributed by atoms with E-state index in [4.69, 9.17) is 10.5 Å². The number of fused-ring (bicyclic) bond motifs is 1. The first-order valence-electron chi connectivity index (χ1n) is 6.41. The lowest BCUT2D eigenvalue weighted by Gasteiger charge is -2.22. The van der Waals surface area contributed by atoms with Crippen LogP contribution >= 0.6 is 0 Å². The minimum absolute atomic E-state index is 0.393. The van der Waals surface area contributed by atoms with Crippen LogP contribution in [0.2, 0.25) is 0 Å². The van der Waals surface area contributed by atoms with Crippen molar-refractivity contribution in [1.29, 1.82) is 0 Å². The van der Waals surface area contributed by atoms with Gasteiger partial charge < -0.3 is 10.5 Å². The zero-order chi connectivity index (χ0) is 14.8. The number of methoxy groups -OCH3 is 1. The van der Waals surface area contributed by atoms with Gasteiger partial charge >= 0.3 is 0 Å². The Morgan fingerprint density at radius 1 is 1.35 bits per heavy atom. The van der Waals surface area contributed by atoms with E-state index in [1.165, 1.54) is 0 Å². The van der Waals surface area contributed by atoms with Crippen LogP contribution in [0.1, 0.15) is 19.5 Å². The van der Waals surface area contributed by atoms with Gasteiger partial charge in [-0.15, -0.1) is 0 Å². The fourth-order valence-corrected chi connectivity index (χ4v) is 1.82. The van der Waals surface area contributed by atoms with E-state index in [0.717, 1.165) is 22.3 Å². The third kappa shape index (κ3) is 2.88. The molecule has 0 saturated carbocycles. The number of hydrogen-bond donors (Lipinski definition) is 2. The van der Waals surface area contributed by atoms with Crippen LogP contribution in [0.25, 0.3) is 10.9 Å². The highest BCUT2D eigenvalue weighted by Crippen LogP contribution is 2.23. The molecular formula is C15H19N3O2. The quantitative estimate of drug-likeness (QED) is 0.867. The lowest BCUT2D eigenvalue weighted by atomic mass is 10.1. The van der Waals surface area contributed by atoms with Crippen LogP contribution in [0.5, 0.6) is 5.75 Å². The van der Waals surface area contributed by atoms with Crippen LogP contribution < -0.4 is 15.8 Å². The molecule has 1 heterocycles. The Labute approximate surface area is 118 Å². The Morgan fingerprint density at radius 3 is 2.75 bits per heavy atom. The van der Waals surface area contributed by atoms with Gasteiger partial charge in [0.1, 0.15) is 11.3 Å². The molecule has 0 bridgehead atoms. The standard InChI is InChI=1S/C15H19N3O2/c1-15(2,14(16)19)17-9-11-8-7-10-5-4-6-12(20-3)13(10)18-11/h4-8,17H,9H2,1-3H3,(H2,16,19). The molecule has 2 rings (SSSR count). The number of carbonyl (C=O) groups excluding carboxylic acids is 1. The van der Waals surface area contributed by atoms with Crippen molar-refractivity contribution in [3.8, 4) is 5.75 Å². The highest BCUT2D eigenvalue weighted by molar-refractivity contribution is 5.85. The molecule has 0 saturated heterocycles. The van der Waals surface area contributed by atoms with Crippen molar-refractivity contribution >= 4 is 16.8 Å². The number of rotatable bonds is 5. The van der Waals surface area contributed by atoms with Crippen LogP contribution in [0.4, 0.5) is 0 Å². The van der Waals surface area contributed by atoms with Gasteiger partial charge in [0.15, 0.2) is 0 Å². The first-order valence-corrected chi connectivity index (χ1v) is 6.41. The molecular weight excluding hydrogens is 254 g/mol. The highest BCUT2D eigenvalue weighted by atomic mass is 16.5. The molecule has 0 atom stereocenters. The number of primary amides is 1. The Morgan fingerprint density at radius 2 is 2.10 bits per heavy atom. The number of ether oxygens (including phenoxy) is 1. The number of nitrogens with two attached hydrogens (primary N) is 1. The monoisotopic (exact) mass is 273 g/mol. The summed E-state index contributed by atoms with van der Waals surface area (Å²) in [5.41, 5.74) is 6.20. The van der Waals surface area contributed by atoms with Gasteiger partial charge in [-0.05, 0) is 26.0 Å². The van der Waals surface area contributed by atoms with Gasteiger partial charge in [0.05, 0.1) is 18.3 Å². The summed E-state index contributed by atoms with van der Waals surface area (Å²) in [6.07, 6.45) is 0. The van der Waals surface area contributed by atoms with Gasteiger partial charge in [0.2, 0.25) is 5.91 Å². The van der Waals surface area contributed by atoms with Crippen molar-refractivity contribution in [2.24, 2.45) is 5.73 Å². The van der Waals surface area contributed by atoms with Crippen LogP contribution in [0.3, 0.4) is 0 Å². The third-order valence-corrected chi connectivity index (χ3v) is 3.29. The first-order chi connectivity index (χ1) is 9.44. The van der Waals surface area contributed by atoms with Crippen molar-refractivity contribution in [1.82, 2.24) is 10.3 Å². The summed E-state index contributed by atoms with van der Waals surface area (Å²) in [6, 6.07) is 9.69. The zero-order valence-electron chi connectivity index (χ0n) is 11.9. The molecule has 0 aliphatic carbocycles. The number of amides is 1. The summed E-state index contributed by atoms with van der Waals surface area (Å²) >= 11 is 0. The largest absolute Gasteiger partial charge is 0.494 e. The molecule has 0 spiro atoms. The van der Waals surface area contributed by atoms with E-state index in [0.29, 0.717) is 6.54 Å². The summed E-state index contributed by atoms with van der Waals surface area (Å²) in [4.78, 5) is 15.8. The molecule has 3 N–H and O–H groups in total. The second-order valence-corrected chi connectivity index (χ2v) is 5.18. The van der Waals surface area contributed by atoms with Gasteiger partial charge in [-0.2, -0.15) is 0 Å². The average molecular weight is 273 g/mol. The number of benzene rings is 1. The first kappa shape index (κ1) is 14.3. The van der Waals surface area contributed by atoms with Crippen molar-refractivity contribution in [2.75, 3.05) is 7.11 Å². The van der Waals surface area contributed by atoms with E-state index in [2.05, 4.69) is 10.3 Å². The number of hydrogen-bond acceptors (Lipinski definition) is 4. The van der Waals surface area contributed by atoms with Crippen molar-refractivity contribution < 1.29 is 9.53 Å². The lowest BCUT2D eigenvalue weighted by Crippen LogP contribution is -2.50. The SMILES string of the molecule is COc1cccc2ccc(CNC(C)(C)C(N)=O)nc12. The molecule has 2 aromatic rings. The molecule has 5 heteroatoms. The second-order valence-electron chi connectivity index (χ2n) is 5.18. The van der Waals surface area contributed by atoms with Gasteiger partial charge in [0.25, 0.3) is 0 Å². The molecule has 20 heavy (non-hydrogen) atoms. The van der Waals surface area contributed by atoms with Gasteiger partial charge in [0, 0.05) is 11.9 Å². The van der Waals surface area contributed by atoms with Gasteiger partial charge in [-0.3, -0.25) is 10.1 Å². The third-order valence-electron chi connectivity index (χ3n) is 3.29. The smallest absolute Gasteiger partial charge is 0.237 e. The molecule has 1 aromatic heterocycles. The van der Waals surface area contributed by atoms with Crippen LogP contribution in [0, 0.1) is 0 Å². The Bertz CT molecular complexity index is 638. The maximum atomic E-state index is 11.3. The maximum absolute atomic E-state index is 11.3. The zero-order valence-corrected chi connectivity index (χ0v) is 11.9. The number of aromatic nitrogens is 1. The average Bonchev–Trinajstić information content (AvgIpc) is 2.44. The lowest BCUT2D eigenvalue weighted by molar-refractivity contribution is -0.123. The van der Waals surface area contributed by atoms with E-state index >= 15 is 0 Å². The number of nitrogens with zero attached hydrogens (tertiary/aromatic N) is 1. The Hall–Kier alpha value is -2.14. The number of para-hydroxylation sites is 1. The predicted molar refractivity (Wildman–Crippen MR) is 78.4 cm³/mol. The van der Waals surface area contributed by atoms with Gasteiger partial charge in [-0.1, -0.05) is 18.2 Å². The summed E-state index contributed by atoms with van der Waals surface area (Å²) in [5, 5.41) is 4.12. The number of carbonyl (C=O) groups is 1. The summed E-state index contributed by atoms with van der Waals surface area (Å²) in [7, 11) is 1.62. The topological polar surface area (TPSA) is 77.2 Å². The van der Waals surface area contributed by atoms with E-state index in [1.54, 1.807) is 21.0 Å². The van der Waals surface area contributed by atoms with Crippen molar-refractivity contribution in [3.05, 3.63) is 36.0 Å². The molecule has 0 aliphatic heterocycles. The summed E-state index contributed by atoms with van der Waals surface area (Å²) < 4.78 is 5.31. The molecule has 106 valence electrons. The molecule has 0 fully saturated rings. The summed E-state index contributed by atoms with van der Waals surface area (Å²) in [5.74, 6) is 0.342. The molecule has 0 aliphatic rings. The predicted octanol–water partition coefficient (Wildman–Crippen LogP) is 1.60. The van der Waals surface area contributed by atoms with Crippen LogP contribution in [-0.2, 0) is 11.3 Å². The molecule has 1 aromatic carbocycles. The molecule has 0 unspecified atom stereocenters. The number of nitrogens with one attached hydrogen (secondary N) is 1. The van der Waals surface area contributed by atoms with Gasteiger partial charge in [-0.25, -0.2) is 4.98 Å². The molecule has 5 nitrogen and oxygen atoms in total. The molecule has 0 radical (unpaired) electrons. The van der Waals surface area contributed by atoms with Crippen LogP contribution in [0.15, 0.2) is 30.3 Å². The Kier molecular flexibility index (Phi) is 3.90. The highest BCUT2D eigenvalue weighted by Gasteiger charge is 2.23. The van der Waals surface area contributed by atoms with E-state index in [1.807, 2.05) is 30.3 Å². The number of pyridine rings is 1. The van der Waals surface area contributed by atoms with Crippen molar-refractivity contribution in [2.45, 2.75) is 25.9 Å². The van der Waals surface area contributed by atoms with Crippen molar-refractivity contribution in [3.63, 3.8) is 0 Å². The van der Waals surface area contributed by atoms with E-state index in [-0.39, 0.29) is 0 Å². The minimum Gasteiger partial charge on any atom is -0.494 e. The fraction of sp³-hybridized carbons (Fsp3) is 0.333. The normalized spacial score (nSPS) is 11.6. The Balaban J connectivity index is 2.26. The second kappa shape index (κ2) is 5.46. The minimum atomic E-state index is -0.766. The fourth-order valence-electron chi connectivity index (χ4n) is 1.82. The van der Waals surface area contributed by atoms with E-state index < -0.39 is 11.4 Å². The molecule has 1 amide bonds. The maximum Gasteiger partial charge on any atom is 0.237 e. The van der Waals surface area contributed by atoms with Crippen LogP contribution in [-0.4, -0.2) is 23.5 Å².